The van der Waals surface area contributed by atoms with E-state index in [0.717, 1.165) is 50.8 Å². The lowest BCUT2D eigenvalue weighted by Crippen LogP contribution is -2.44. The standard InChI is InChI=1S/C15H22N4S/c1-12-13(2)19(10-9-18-7-5-16-6-8-18)15(17-12)14-4-3-11-20-14/h3-4,11,16H,5-10H2,1-2H3. The molecular formula is C15H22N4S. The molecule has 0 aliphatic carbocycles. The highest BCUT2D eigenvalue weighted by Gasteiger charge is 2.15. The molecule has 0 atom stereocenters. The molecule has 1 aliphatic heterocycles. The van der Waals surface area contributed by atoms with Crippen molar-refractivity contribution >= 4 is 11.3 Å². The molecule has 3 heterocycles. The smallest absolute Gasteiger partial charge is 0.150 e. The summed E-state index contributed by atoms with van der Waals surface area (Å²) in [7, 11) is 0. The van der Waals surface area contributed by atoms with E-state index in [1.54, 1.807) is 11.3 Å². The van der Waals surface area contributed by atoms with Gasteiger partial charge in [0.2, 0.25) is 0 Å². The Morgan fingerprint density at radius 3 is 2.75 bits per heavy atom. The molecule has 1 saturated heterocycles. The van der Waals surface area contributed by atoms with Crippen molar-refractivity contribution in [1.82, 2.24) is 19.8 Å². The number of aromatic nitrogens is 2. The Morgan fingerprint density at radius 1 is 1.25 bits per heavy atom. The van der Waals surface area contributed by atoms with Crippen molar-refractivity contribution < 1.29 is 0 Å². The zero-order valence-corrected chi connectivity index (χ0v) is 13.0. The maximum absolute atomic E-state index is 4.76. The molecule has 0 amide bonds. The van der Waals surface area contributed by atoms with E-state index < -0.39 is 0 Å². The molecule has 5 heteroatoms. The summed E-state index contributed by atoms with van der Waals surface area (Å²) in [6.07, 6.45) is 0. The van der Waals surface area contributed by atoms with Crippen molar-refractivity contribution in [2.45, 2.75) is 20.4 Å². The minimum absolute atomic E-state index is 1.03. The molecule has 1 aliphatic rings. The van der Waals surface area contributed by atoms with E-state index >= 15 is 0 Å². The minimum atomic E-state index is 1.03. The Kier molecular flexibility index (Phi) is 4.19. The molecule has 0 spiro atoms. The van der Waals surface area contributed by atoms with Gasteiger partial charge in [-0.25, -0.2) is 4.98 Å². The first-order chi connectivity index (χ1) is 9.75. The average molecular weight is 290 g/mol. The summed E-state index contributed by atoms with van der Waals surface area (Å²) in [5.74, 6) is 1.13. The Labute approximate surface area is 124 Å². The molecule has 3 rings (SSSR count). The zero-order valence-electron chi connectivity index (χ0n) is 12.2. The molecule has 20 heavy (non-hydrogen) atoms. The third-order valence-electron chi connectivity index (χ3n) is 4.05. The highest BCUT2D eigenvalue weighted by atomic mass is 32.1. The van der Waals surface area contributed by atoms with Crippen LogP contribution in [0.15, 0.2) is 17.5 Å². The maximum atomic E-state index is 4.76. The second-order valence-electron chi connectivity index (χ2n) is 5.33. The van der Waals surface area contributed by atoms with Crippen LogP contribution in [-0.4, -0.2) is 47.2 Å². The molecule has 0 saturated carbocycles. The van der Waals surface area contributed by atoms with Gasteiger partial charge in [-0.15, -0.1) is 11.3 Å². The predicted octanol–water partition coefficient (Wildman–Crippen LogP) is 2.13. The minimum Gasteiger partial charge on any atom is -0.326 e. The van der Waals surface area contributed by atoms with Gasteiger partial charge in [-0.3, -0.25) is 4.90 Å². The van der Waals surface area contributed by atoms with E-state index in [0.29, 0.717) is 0 Å². The normalized spacial score (nSPS) is 16.7. The molecule has 108 valence electrons. The molecular weight excluding hydrogens is 268 g/mol. The van der Waals surface area contributed by atoms with Crippen molar-refractivity contribution in [3.8, 4) is 10.7 Å². The van der Waals surface area contributed by atoms with E-state index in [2.05, 4.69) is 46.1 Å². The summed E-state index contributed by atoms with van der Waals surface area (Å²) in [5, 5.41) is 5.52. The van der Waals surface area contributed by atoms with Gasteiger partial charge in [0.15, 0.2) is 5.82 Å². The van der Waals surface area contributed by atoms with Crippen LogP contribution in [0, 0.1) is 13.8 Å². The highest BCUT2D eigenvalue weighted by molar-refractivity contribution is 7.13. The van der Waals surface area contributed by atoms with Crippen LogP contribution in [0.3, 0.4) is 0 Å². The number of nitrogens with zero attached hydrogens (tertiary/aromatic N) is 3. The summed E-state index contributed by atoms with van der Waals surface area (Å²) in [6, 6.07) is 4.26. The molecule has 0 radical (unpaired) electrons. The van der Waals surface area contributed by atoms with Crippen molar-refractivity contribution in [1.29, 1.82) is 0 Å². The third kappa shape index (κ3) is 2.80. The van der Waals surface area contributed by atoms with Gasteiger partial charge < -0.3 is 9.88 Å². The first kappa shape index (κ1) is 13.8. The van der Waals surface area contributed by atoms with Crippen LogP contribution in [0.5, 0.6) is 0 Å². The van der Waals surface area contributed by atoms with Crippen LogP contribution >= 0.6 is 11.3 Å². The lowest BCUT2D eigenvalue weighted by molar-refractivity contribution is 0.232. The van der Waals surface area contributed by atoms with Crippen LogP contribution in [0.4, 0.5) is 0 Å². The van der Waals surface area contributed by atoms with Gasteiger partial charge in [-0.2, -0.15) is 0 Å². The van der Waals surface area contributed by atoms with Gasteiger partial charge in [-0.05, 0) is 25.3 Å². The van der Waals surface area contributed by atoms with Gasteiger partial charge in [0.05, 0.1) is 10.6 Å². The lowest BCUT2D eigenvalue weighted by atomic mass is 10.3. The topological polar surface area (TPSA) is 33.1 Å². The van der Waals surface area contributed by atoms with Crippen molar-refractivity contribution in [2.24, 2.45) is 0 Å². The molecule has 2 aromatic rings. The number of nitrogens with one attached hydrogen (secondary N) is 1. The number of aryl methyl sites for hydroxylation is 1. The van der Waals surface area contributed by atoms with Crippen molar-refractivity contribution in [3.63, 3.8) is 0 Å². The third-order valence-corrected chi connectivity index (χ3v) is 4.91. The number of hydrogen-bond acceptors (Lipinski definition) is 4. The number of rotatable bonds is 4. The molecule has 0 unspecified atom stereocenters. The van der Waals surface area contributed by atoms with Crippen LogP contribution in [0.2, 0.25) is 0 Å². The van der Waals surface area contributed by atoms with Gasteiger partial charge in [-0.1, -0.05) is 6.07 Å². The van der Waals surface area contributed by atoms with E-state index in [9.17, 15) is 0 Å². The van der Waals surface area contributed by atoms with Gasteiger partial charge in [0, 0.05) is 45.0 Å². The summed E-state index contributed by atoms with van der Waals surface area (Å²) in [5.41, 5.74) is 2.44. The van der Waals surface area contributed by atoms with Gasteiger partial charge >= 0.3 is 0 Å². The molecule has 1 N–H and O–H groups in total. The van der Waals surface area contributed by atoms with Crippen molar-refractivity contribution in [2.75, 3.05) is 32.7 Å². The first-order valence-electron chi connectivity index (χ1n) is 7.26. The van der Waals surface area contributed by atoms with E-state index in [1.165, 1.54) is 10.6 Å². The molecule has 0 bridgehead atoms. The molecule has 0 aromatic carbocycles. The number of piperazine rings is 1. The molecule has 1 fully saturated rings. The summed E-state index contributed by atoms with van der Waals surface area (Å²) < 4.78 is 2.38. The first-order valence-corrected chi connectivity index (χ1v) is 8.14. The highest BCUT2D eigenvalue weighted by Crippen LogP contribution is 2.26. The van der Waals surface area contributed by atoms with Gasteiger partial charge in [0.25, 0.3) is 0 Å². The maximum Gasteiger partial charge on any atom is 0.150 e. The Balaban J connectivity index is 1.77. The number of hydrogen-bond donors (Lipinski definition) is 1. The monoisotopic (exact) mass is 290 g/mol. The summed E-state index contributed by atoms with van der Waals surface area (Å²) in [6.45, 7) is 10.9. The second kappa shape index (κ2) is 6.08. The average Bonchev–Trinajstić information content (AvgIpc) is 3.08. The van der Waals surface area contributed by atoms with Crippen LogP contribution in [-0.2, 0) is 6.54 Å². The largest absolute Gasteiger partial charge is 0.326 e. The Hall–Kier alpha value is -1.17. The SMILES string of the molecule is Cc1nc(-c2cccs2)n(CCN2CCNCC2)c1C. The van der Waals surface area contributed by atoms with Gasteiger partial charge in [0.1, 0.15) is 0 Å². The zero-order chi connectivity index (χ0) is 13.9. The fourth-order valence-corrected chi connectivity index (χ4v) is 3.42. The fourth-order valence-electron chi connectivity index (χ4n) is 2.70. The van der Waals surface area contributed by atoms with Crippen LogP contribution < -0.4 is 5.32 Å². The fraction of sp³-hybridized carbons (Fsp3) is 0.533. The second-order valence-corrected chi connectivity index (χ2v) is 6.27. The van der Waals surface area contributed by atoms with Crippen LogP contribution in [0.25, 0.3) is 10.7 Å². The number of thiophene rings is 1. The Bertz CT molecular complexity index is 553. The van der Waals surface area contributed by atoms with E-state index in [4.69, 9.17) is 4.98 Å². The summed E-state index contributed by atoms with van der Waals surface area (Å²) >= 11 is 1.77. The van der Waals surface area contributed by atoms with E-state index in [-0.39, 0.29) is 0 Å². The van der Waals surface area contributed by atoms with Crippen LogP contribution in [0.1, 0.15) is 11.4 Å². The molecule has 4 nitrogen and oxygen atoms in total. The summed E-state index contributed by atoms with van der Waals surface area (Å²) in [4.78, 5) is 8.56. The van der Waals surface area contributed by atoms with E-state index in [1.807, 2.05) is 0 Å². The lowest BCUT2D eigenvalue weighted by Gasteiger charge is -2.27. The quantitative estimate of drug-likeness (QED) is 0.936. The van der Waals surface area contributed by atoms with Crippen molar-refractivity contribution in [3.05, 3.63) is 28.9 Å². The molecule has 2 aromatic heterocycles. The Morgan fingerprint density at radius 2 is 2.05 bits per heavy atom. The number of imidazole rings is 1. The predicted molar refractivity (Wildman–Crippen MR) is 84.3 cm³/mol.